The van der Waals surface area contributed by atoms with E-state index in [1.165, 1.54) is 6.07 Å². The summed E-state index contributed by atoms with van der Waals surface area (Å²) >= 11 is 0. The maximum atomic E-state index is 13.3. The van der Waals surface area contributed by atoms with Crippen LogP contribution in [0, 0.1) is 11.6 Å². The largest absolute Gasteiger partial charge is 0.335 e. The Morgan fingerprint density at radius 2 is 2.00 bits per heavy atom. The topological polar surface area (TPSA) is 48.5 Å². The maximum absolute atomic E-state index is 13.3. The number of carbonyl (C=O) groups excluding carboxylic acids is 1. The number of rotatable bonds is 5. The number of hydrogen-bond acceptors (Lipinski definition) is 3. The van der Waals surface area contributed by atoms with E-state index in [9.17, 15) is 13.6 Å². The molecule has 1 aromatic carbocycles. The Labute approximate surface area is 158 Å². The van der Waals surface area contributed by atoms with Gasteiger partial charge in [0.25, 0.3) is 0 Å². The van der Waals surface area contributed by atoms with Crippen LogP contribution in [0.25, 0.3) is 0 Å². The average molecular weight is 374 g/mol. The van der Waals surface area contributed by atoms with E-state index in [4.69, 9.17) is 0 Å². The van der Waals surface area contributed by atoms with Gasteiger partial charge in [0.05, 0.1) is 12.2 Å². The standard InChI is InChI=1S/C20H24F2N4O/c1-25(14-17-4-2-3-9-23-17)20(27)24-16-7-10-26(11-8-16)13-15-5-6-18(21)19(22)12-15/h2-6,9,12,16H,7-8,10-11,13-14H2,1H3,(H,24,27). The third-order valence-corrected chi connectivity index (χ3v) is 4.78. The molecule has 1 aliphatic rings. The molecule has 27 heavy (non-hydrogen) atoms. The van der Waals surface area contributed by atoms with Crippen molar-refractivity contribution in [3.63, 3.8) is 0 Å². The average Bonchev–Trinajstić information content (AvgIpc) is 2.67. The summed E-state index contributed by atoms with van der Waals surface area (Å²) < 4.78 is 26.3. The molecule has 0 radical (unpaired) electrons. The molecule has 2 amide bonds. The molecule has 0 spiro atoms. The predicted molar refractivity (Wildman–Crippen MR) is 98.9 cm³/mol. The molecule has 0 bridgehead atoms. The van der Waals surface area contributed by atoms with Crippen LogP contribution in [-0.4, -0.2) is 47.0 Å². The van der Waals surface area contributed by atoms with Crippen LogP contribution in [0.4, 0.5) is 13.6 Å². The number of nitrogens with one attached hydrogen (secondary N) is 1. The molecule has 3 rings (SSSR count). The fraction of sp³-hybridized carbons (Fsp3) is 0.400. The summed E-state index contributed by atoms with van der Waals surface area (Å²) in [7, 11) is 1.75. The Bertz CT molecular complexity index is 764. The molecule has 2 heterocycles. The van der Waals surface area contributed by atoms with Crippen molar-refractivity contribution in [2.45, 2.75) is 32.0 Å². The predicted octanol–water partition coefficient (Wildman–Crippen LogP) is 3.17. The first-order valence-electron chi connectivity index (χ1n) is 9.09. The van der Waals surface area contributed by atoms with Crippen LogP contribution in [0.3, 0.4) is 0 Å². The number of carbonyl (C=O) groups is 1. The van der Waals surface area contributed by atoms with Crippen molar-refractivity contribution in [1.29, 1.82) is 0 Å². The highest BCUT2D eigenvalue weighted by molar-refractivity contribution is 5.74. The molecule has 2 aromatic rings. The highest BCUT2D eigenvalue weighted by Gasteiger charge is 2.22. The van der Waals surface area contributed by atoms with E-state index in [0.29, 0.717) is 13.1 Å². The Kier molecular flexibility index (Phi) is 6.34. The van der Waals surface area contributed by atoms with Gasteiger partial charge in [0, 0.05) is 38.9 Å². The molecular formula is C20H24F2N4O. The molecular weight excluding hydrogens is 350 g/mol. The molecule has 1 aliphatic heterocycles. The van der Waals surface area contributed by atoms with Crippen molar-refractivity contribution in [3.8, 4) is 0 Å². The Balaban J connectivity index is 1.43. The fourth-order valence-electron chi connectivity index (χ4n) is 3.22. The van der Waals surface area contributed by atoms with Crippen LogP contribution in [0.2, 0.25) is 0 Å². The van der Waals surface area contributed by atoms with E-state index >= 15 is 0 Å². The fourth-order valence-corrected chi connectivity index (χ4v) is 3.22. The molecule has 5 nitrogen and oxygen atoms in total. The number of aromatic nitrogens is 1. The smallest absolute Gasteiger partial charge is 0.317 e. The van der Waals surface area contributed by atoms with E-state index in [-0.39, 0.29) is 12.1 Å². The lowest BCUT2D eigenvalue weighted by Gasteiger charge is -2.33. The molecule has 0 unspecified atom stereocenters. The third kappa shape index (κ3) is 5.47. The van der Waals surface area contributed by atoms with Crippen LogP contribution in [0.5, 0.6) is 0 Å². The molecule has 1 aromatic heterocycles. The van der Waals surface area contributed by atoms with Crippen LogP contribution in [0.15, 0.2) is 42.6 Å². The third-order valence-electron chi connectivity index (χ3n) is 4.78. The normalized spacial score (nSPS) is 15.5. The number of likely N-dealkylation sites (tertiary alicyclic amines) is 1. The van der Waals surface area contributed by atoms with Gasteiger partial charge in [-0.3, -0.25) is 9.88 Å². The van der Waals surface area contributed by atoms with Crippen LogP contribution < -0.4 is 5.32 Å². The van der Waals surface area contributed by atoms with Gasteiger partial charge in [0.15, 0.2) is 11.6 Å². The Morgan fingerprint density at radius 1 is 1.22 bits per heavy atom. The zero-order valence-electron chi connectivity index (χ0n) is 15.4. The van der Waals surface area contributed by atoms with E-state index in [0.717, 1.165) is 43.3 Å². The minimum absolute atomic E-state index is 0.111. The summed E-state index contributed by atoms with van der Waals surface area (Å²) in [5.41, 5.74) is 1.60. The van der Waals surface area contributed by atoms with Crippen molar-refractivity contribution in [3.05, 3.63) is 65.5 Å². The van der Waals surface area contributed by atoms with Crippen molar-refractivity contribution in [2.24, 2.45) is 0 Å². The summed E-state index contributed by atoms with van der Waals surface area (Å²) in [5.74, 6) is -1.64. The number of amides is 2. The second-order valence-corrected chi connectivity index (χ2v) is 6.93. The maximum Gasteiger partial charge on any atom is 0.317 e. The molecule has 1 saturated heterocycles. The SMILES string of the molecule is CN(Cc1ccccn1)C(=O)NC1CCN(Cc2ccc(F)c(F)c2)CC1. The highest BCUT2D eigenvalue weighted by atomic mass is 19.2. The zero-order valence-corrected chi connectivity index (χ0v) is 15.4. The molecule has 144 valence electrons. The molecule has 1 fully saturated rings. The lowest BCUT2D eigenvalue weighted by Crippen LogP contribution is -2.48. The minimum atomic E-state index is -0.824. The molecule has 7 heteroatoms. The van der Waals surface area contributed by atoms with Gasteiger partial charge in [-0.15, -0.1) is 0 Å². The summed E-state index contributed by atoms with van der Waals surface area (Å²) in [6, 6.07) is 9.66. The zero-order chi connectivity index (χ0) is 19.2. The summed E-state index contributed by atoms with van der Waals surface area (Å²) in [4.78, 5) is 20.4. The highest BCUT2D eigenvalue weighted by Crippen LogP contribution is 2.16. The lowest BCUT2D eigenvalue weighted by atomic mass is 10.0. The monoisotopic (exact) mass is 374 g/mol. The van der Waals surface area contributed by atoms with Crippen LogP contribution in [-0.2, 0) is 13.1 Å². The van der Waals surface area contributed by atoms with Crippen LogP contribution >= 0.6 is 0 Å². The van der Waals surface area contributed by atoms with Gasteiger partial charge in [-0.05, 0) is 42.7 Å². The van der Waals surface area contributed by atoms with Gasteiger partial charge in [0.1, 0.15) is 0 Å². The van der Waals surface area contributed by atoms with Gasteiger partial charge in [-0.2, -0.15) is 0 Å². The molecule has 0 aliphatic carbocycles. The second kappa shape index (κ2) is 8.90. The van der Waals surface area contributed by atoms with Crippen molar-refractivity contribution < 1.29 is 13.6 Å². The first kappa shape index (κ1) is 19.2. The Hall–Kier alpha value is -2.54. The number of urea groups is 1. The van der Waals surface area contributed by atoms with E-state index in [2.05, 4.69) is 15.2 Å². The molecule has 0 atom stereocenters. The molecule has 1 N–H and O–H groups in total. The van der Waals surface area contributed by atoms with Gasteiger partial charge in [-0.1, -0.05) is 12.1 Å². The Morgan fingerprint density at radius 3 is 2.67 bits per heavy atom. The van der Waals surface area contributed by atoms with Gasteiger partial charge >= 0.3 is 6.03 Å². The number of pyridine rings is 1. The number of benzene rings is 1. The first-order chi connectivity index (χ1) is 13.0. The van der Waals surface area contributed by atoms with E-state index < -0.39 is 11.6 Å². The number of piperidine rings is 1. The van der Waals surface area contributed by atoms with E-state index in [1.54, 1.807) is 24.2 Å². The second-order valence-electron chi connectivity index (χ2n) is 6.93. The van der Waals surface area contributed by atoms with E-state index in [1.807, 2.05) is 18.2 Å². The van der Waals surface area contributed by atoms with Crippen LogP contribution in [0.1, 0.15) is 24.1 Å². The van der Waals surface area contributed by atoms with Gasteiger partial charge < -0.3 is 10.2 Å². The first-order valence-corrected chi connectivity index (χ1v) is 9.09. The van der Waals surface area contributed by atoms with Gasteiger partial charge in [0.2, 0.25) is 0 Å². The lowest BCUT2D eigenvalue weighted by molar-refractivity contribution is 0.173. The summed E-state index contributed by atoms with van der Waals surface area (Å²) in [5, 5.41) is 3.06. The molecule has 0 saturated carbocycles. The number of hydrogen-bond donors (Lipinski definition) is 1. The summed E-state index contributed by atoms with van der Waals surface area (Å²) in [6.07, 6.45) is 3.36. The van der Waals surface area contributed by atoms with Crippen molar-refractivity contribution in [1.82, 2.24) is 20.1 Å². The number of nitrogens with zero attached hydrogens (tertiary/aromatic N) is 3. The van der Waals surface area contributed by atoms with Crippen molar-refractivity contribution >= 4 is 6.03 Å². The summed E-state index contributed by atoms with van der Waals surface area (Å²) in [6.45, 7) is 2.64. The minimum Gasteiger partial charge on any atom is -0.335 e. The van der Waals surface area contributed by atoms with Gasteiger partial charge in [-0.25, -0.2) is 13.6 Å². The quantitative estimate of drug-likeness (QED) is 0.875. The number of halogens is 2. The van der Waals surface area contributed by atoms with Crippen molar-refractivity contribution in [2.75, 3.05) is 20.1 Å².